The second-order valence-corrected chi connectivity index (χ2v) is 4.02. The number of nitrogen functional groups attached to an aromatic ring is 1. The van der Waals surface area contributed by atoms with Crippen molar-refractivity contribution >= 4 is 28.5 Å². The monoisotopic (exact) mass is 260 g/mol. The predicted molar refractivity (Wildman–Crippen MR) is 69.5 cm³/mol. The van der Waals surface area contributed by atoms with Crippen molar-refractivity contribution in [1.82, 2.24) is 19.7 Å². The molecule has 18 heavy (non-hydrogen) atoms. The second kappa shape index (κ2) is 4.25. The third kappa shape index (κ3) is 1.59. The molecule has 7 heteroatoms. The second-order valence-electron chi connectivity index (χ2n) is 3.61. The molecule has 90 valence electrons. The molecular formula is C11H9ClN6. The summed E-state index contributed by atoms with van der Waals surface area (Å²) in [6.07, 6.45) is 3.07. The lowest BCUT2D eigenvalue weighted by molar-refractivity contribution is 0.895. The van der Waals surface area contributed by atoms with E-state index in [0.29, 0.717) is 16.5 Å². The molecule has 3 aromatic rings. The molecule has 0 saturated carbocycles. The van der Waals surface area contributed by atoms with E-state index in [9.17, 15) is 0 Å². The number of anilines is 1. The van der Waals surface area contributed by atoms with Crippen LogP contribution in [0.1, 0.15) is 0 Å². The fourth-order valence-corrected chi connectivity index (χ4v) is 1.97. The summed E-state index contributed by atoms with van der Waals surface area (Å²) in [5.74, 6) is 5.92. The minimum Gasteiger partial charge on any atom is -0.308 e. The summed E-state index contributed by atoms with van der Waals surface area (Å²) >= 11 is 6.15. The molecular weight excluding hydrogens is 252 g/mol. The normalized spacial score (nSPS) is 10.8. The number of fused-ring (bicyclic) bond motifs is 1. The Hall–Kier alpha value is -2.18. The van der Waals surface area contributed by atoms with Crippen molar-refractivity contribution in [1.29, 1.82) is 0 Å². The molecule has 0 atom stereocenters. The number of hydrazine groups is 1. The van der Waals surface area contributed by atoms with Crippen molar-refractivity contribution < 1.29 is 0 Å². The van der Waals surface area contributed by atoms with E-state index in [0.717, 1.165) is 11.1 Å². The minimum atomic E-state index is 0.526. The first kappa shape index (κ1) is 10.9. The molecule has 1 aromatic carbocycles. The van der Waals surface area contributed by atoms with Crippen LogP contribution in [0.3, 0.4) is 0 Å². The first-order valence-corrected chi connectivity index (χ1v) is 5.59. The van der Waals surface area contributed by atoms with E-state index >= 15 is 0 Å². The molecule has 0 spiro atoms. The Bertz CT molecular complexity index is 708. The van der Waals surface area contributed by atoms with Gasteiger partial charge in [0.15, 0.2) is 11.5 Å². The van der Waals surface area contributed by atoms with Crippen molar-refractivity contribution in [2.24, 2.45) is 5.84 Å². The number of nitrogens with zero attached hydrogens (tertiary/aromatic N) is 4. The van der Waals surface area contributed by atoms with Crippen LogP contribution in [0.25, 0.3) is 16.7 Å². The highest BCUT2D eigenvalue weighted by molar-refractivity contribution is 6.32. The van der Waals surface area contributed by atoms with Crippen molar-refractivity contribution in [3.63, 3.8) is 0 Å². The lowest BCUT2D eigenvalue weighted by atomic mass is 10.3. The lowest BCUT2D eigenvalue weighted by Gasteiger charge is -2.05. The van der Waals surface area contributed by atoms with Crippen LogP contribution in [-0.2, 0) is 0 Å². The predicted octanol–water partition coefficient (Wildman–Crippen LogP) is 1.75. The highest BCUT2D eigenvalue weighted by Crippen LogP contribution is 2.24. The maximum Gasteiger partial charge on any atom is 0.168 e. The summed E-state index contributed by atoms with van der Waals surface area (Å²) in [6, 6.07) is 7.41. The molecule has 0 aliphatic heterocycles. The number of hydrogen-bond donors (Lipinski definition) is 2. The van der Waals surface area contributed by atoms with Gasteiger partial charge in [0, 0.05) is 0 Å². The number of para-hydroxylation sites is 1. The van der Waals surface area contributed by atoms with E-state index in [-0.39, 0.29) is 0 Å². The molecule has 0 radical (unpaired) electrons. The number of nitrogens with two attached hydrogens (primary N) is 1. The third-order valence-electron chi connectivity index (χ3n) is 2.58. The lowest BCUT2D eigenvalue weighted by Crippen LogP contribution is -2.09. The molecule has 3 N–H and O–H groups in total. The van der Waals surface area contributed by atoms with E-state index in [1.807, 2.05) is 18.2 Å². The summed E-state index contributed by atoms with van der Waals surface area (Å²) in [7, 11) is 0. The molecule has 2 heterocycles. The number of aromatic nitrogens is 4. The highest BCUT2D eigenvalue weighted by Gasteiger charge is 2.11. The zero-order chi connectivity index (χ0) is 12.5. The van der Waals surface area contributed by atoms with Crippen molar-refractivity contribution in [2.45, 2.75) is 0 Å². The van der Waals surface area contributed by atoms with Gasteiger partial charge in [0.2, 0.25) is 0 Å². The maximum atomic E-state index is 6.15. The first-order valence-electron chi connectivity index (χ1n) is 5.21. The number of rotatable bonds is 2. The fourth-order valence-electron chi connectivity index (χ4n) is 1.76. The van der Waals surface area contributed by atoms with E-state index in [1.54, 1.807) is 16.9 Å². The smallest absolute Gasteiger partial charge is 0.168 e. The Balaban J connectivity index is 2.29. The molecule has 0 aliphatic carbocycles. The Labute approximate surface area is 107 Å². The standard InChI is InChI=1S/C11H9ClN6/c12-8-3-1-2-4-9(8)18-11-7(5-16-18)10(17-13)14-6-15-11/h1-6H,13H2,(H,14,15,17). The SMILES string of the molecule is NNc1ncnc2c1cnn2-c1ccccc1Cl. The summed E-state index contributed by atoms with van der Waals surface area (Å²) < 4.78 is 1.65. The molecule has 0 amide bonds. The third-order valence-corrected chi connectivity index (χ3v) is 2.90. The summed E-state index contributed by atoms with van der Waals surface area (Å²) in [4.78, 5) is 8.22. The van der Waals surface area contributed by atoms with Gasteiger partial charge in [-0.2, -0.15) is 5.10 Å². The quantitative estimate of drug-likeness (QED) is 0.542. The van der Waals surface area contributed by atoms with Crippen LogP contribution in [-0.4, -0.2) is 19.7 Å². The summed E-state index contributed by atoms with van der Waals surface area (Å²) in [5.41, 5.74) is 3.92. The minimum absolute atomic E-state index is 0.526. The van der Waals surface area contributed by atoms with Crippen LogP contribution in [0.4, 0.5) is 5.82 Å². The average molecular weight is 261 g/mol. The molecule has 0 bridgehead atoms. The van der Waals surface area contributed by atoms with Gasteiger partial charge in [-0.3, -0.25) is 0 Å². The van der Waals surface area contributed by atoms with Crippen molar-refractivity contribution in [3.8, 4) is 5.69 Å². The zero-order valence-corrected chi connectivity index (χ0v) is 9.96. The van der Waals surface area contributed by atoms with Crippen LogP contribution >= 0.6 is 11.6 Å². The number of nitrogens with one attached hydrogen (secondary N) is 1. The van der Waals surface area contributed by atoms with Crippen LogP contribution < -0.4 is 11.3 Å². The van der Waals surface area contributed by atoms with E-state index < -0.39 is 0 Å². The topological polar surface area (TPSA) is 81.7 Å². The van der Waals surface area contributed by atoms with Crippen LogP contribution in [0.15, 0.2) is 36.8 Å². The zero-order valence-electron chi connectivity index (χ0n) is 9.21. The fraction of sp³-hybridized carbons (Fsp3) is 0. The maximum absolute atomic E-state index is 6.15. The van der Waals surface area contributed by atoms with Gasteiger partial charge in [0.1, 0.15) is 6.33 Å². The van der Waals surface area contributed by atoms with Gasteiger partial charge < -0.3 is 5.43 Å². The highest BCUT2D eigenvalue weighted by atomic mass is 35.5. The van der Waals surface area contributed by atoms with Gasteiger partial charge in [0.25, 0.3) is 0 Å². The van der Waals surface area contributed by atoms with E-state index in [1.165, 1.54) is 6.33 Å². The van der Waals surface area contributed by atoms with Gasteiger partial charge in [-0.1, -0.05) is 23.7 Å². The van der Waals surface area contributed by atoms with E-state index in [2.05, 4.69) is 20.5 Å². The first-order chi connectivity index (χ1) is 8.81. The Morgan fingerprint density at radius 2 is 2.06 bits per heavy atom. The van der Waals surface area contributed by atoms with Gasteiger partial charge in [-0.15, -0.1) is 0 Å². The van der Waals surface area contributed by atoms with Crippen molar-refractivity contribution in [2.75, 3.05) is 5.43 Å². The summed E-state index contributed by atoms with van der Waals surface area (Å²) in [5, 5.41) is 5.61. The molecule has 0 fully saturated rings. The van der Waals surface area contributed by atoms with Gasteiger partial charge in [0.05, 0.1) is 22.3 Å². The van der Waals surface area contributed by atoms with Crippen LogP contribution in [0, 0.1) is 0 Å². The molecule has 0 aliphatic rings. The number of benzene rings is 1. The van der Waals surface area contributed by atoms with Crippen LogP contribution in [0.2, 0.25) is 5.02 Å². The van der Waals surface area contributed by atoms with Crippen molar-refractivity contribution in [3.05, 3.63) is 41.8 Å². The average Bonchev–Trinajstić information content (AvgIpc) is 2.83. The Morgan fingerprint density at radius 3 is 2.83 bits per heavy atom. The molecule has 0 saturated heterocycles. The van der Waals surface area contributed by atoms with Gasteiger partial charge in [-0.25, -0.2) is 20.5 Å². The Kier molecular flexibility index (Phi) is 2.58. The van der Waals surface area contributed by atoms with Crippen LogP contribution in [0.5, 0.6) is 0 Å². The van der Waals surface area contributed by atoms with E-state index in [4.69, 9.17) is 17.4 Å². The molecule has 2 aromatic heterocycles. The number of halogens is 1. The van der Waals surface area contributed by atoms with Gasteiger partial charge in [-0.05, 0) is 12.1 Å². The largest absolute Gasteiger partial charge is 0.308 e. The molecule has 3 rings (SSSR count). The van der Waals surface area contributed by atoms with Gasteiger partial charge >= 0.3 is 0 Å². The number of hydrogen-bond acceptors (Lipinski definition) is 5. The summed E-state index contributed by atoms with van der Waals surface area (Å²) in [6.45, 7) is 0. The molecule has 6 nitrogen and oxygen atoms in total. The molecule has 0 unspecified atom stereocenters. The Morgan fingerprint density at radius 1 is 1.22 bits per heavy atom.